The molecule has 10 aromatic rings. The van der Waals surface area contributed by atoms with Gasteiger partial charge in [-0.25, -0.2) is 0 Å². The van der Waals surface area contributed by atoms with Crippen molar-refractivity contribution in [3.05, 3.63) is 202 Å². The standard InChI is InChI=1S/C64H50/c1-61(2)45-27-19-37(35-15-11-9-12-16-35)41-23-31-49-57(53(41)45)59-51(61)33-25-43-39(21-29-47(55(43)59)63(49,5)6)40-22-30-48-56-44(40)26-34-52-60(56)58-50(64(48,7)8)32-24-42-38(36-17-13-10-14-18-36)20-28-46(54(42)58)62(52,3)4/h9-34H,1-8H3. The number of hydrogen-bond donors (Lipinski definition) is 0. The fourth-order valence-corrected chi connectivity index (χ4v) is 13.8. The van der Waals surface area contributed by atoms with Gasteiger partial charge in [-0.2, -0.15) is 0 Å². The molecule has 4 aliphatic rings. The summed E-state index contributed by atoms with van der Waals surface area (Å²) in [6.07, 6.45) is 0. The van der Waals surface area contributed by atoms with E-state index in [0.29, 0.717) is 0 Å². The first-order valence-corrected chi connectivity index (χ1v) is 23.4. The van der Waals surface area contributed by atoms with Crippen LogP contribution in [0.15, 0.2) is 158 Å². The summed E-state index contributed by atoms with van der Waals surface area (Å²) >= 11 is 0. The third-order valence-corrected chi connectivity index (χ3v) is 17.1. The molecule has 306 valence electrons. The van der Waals surface area contributed by atoms with E-state index in [4.69, 9.17) is 0 Å². The van der Waals surface area contributed by atoms with Crippen molar-refractivity contribution in [3.63, 3.8) is 0 Å². The maximum atomic E-state index is 2.49. The van der Waals surface area contributed by atoms with Gasteiger partial charge in [0.15, 0.2) is 0 Å². The van der Waals surface area contributed by atoms with Crippen LogP contribution in [0.2, 0.25) is 0 Å². The van der Waals surface area contributed by atoms with Gasteiger partial charge in [-0.15, -0.1) is 0 Å². The summed E-state index contributed by atoms with van der Waals surface area (Å²) in [4.78, 5) is 0. The fourth-order valence-electron chi connectivity index (χ4n) is 13.8. The van der Waals surface area contributed by atoms with Gasteiger partial charge >= 0.3 is 0 Å². The molecule has 0 nitrogen and oxygen atoms in total. The van der Waals surface area contributed by atoms with Crippen LogP contribution in [0.5, 0.6) is 0 Å². The van der Waals surface area contributed by atoms with Crippen LogP contribution in [-0.4, -0.2) is 0 Å². The highest BCUT2D eigenvalue weighted by Gasteiger charge is 2.45. The summed E-state index contributed by atoms with van der Waals surface area (Å²) in [5, 5.41) is 11.1. The van der Waals surface area contributed by atoms with Crippen LogP contribution in [0, 0.1) is 0 Å². The largest absolute Gasteiger partial charge is 0.0622 e. The lowest BCUT2D eigenvalue weighted by Gasteiger charge is -2.44. The molecule has 0 saturated heterocycles. The van der Waals surface area contributed by atoms with Crippen molar-refractivity contribution < 1.29 is 0 Å². The first kappa shape index (κ1) is 36.7. The number of benzene rings is 10. The minimum absolute atomic E-state index is 0.171. The Bertz CT molecular complexity index is 3540. The van der Waals surface area contributed by atoms with Crippen LogP contribution in [0.25, 0.3) is 98.7 Å². The molecule has 0 aromatic heterocycles. The zero-order chi connectivity index (χ0) is 43.4. The van der Waals surface area contributed by atoms with Gasteiger partial charge in [0, 0.05) is 21.7 Å². The van der Waals surface area contributed by atoms with Gasteiger partial charge in [-0.1, -0.05) is 213 Å². The maximum absolute atomic E-state index is 2.49. The second-order valence-electron chi connectivity index (χ2n) is 21.5. The molecule has 10 aromatic carbocycles. The van der Waals surface area contributed by atoms with E-state index >= 15 is 0 Å². The summed E-state index contributed by atoms with van der Waals surface area (Å²) < 4.78 is 0. The van der Waals surface area contributed by atoms with Crippen molar-refractivity contribution in [3.8, 4) is 55.6 Å². The van der Waals surface area contributed by atoms with Gasteiger partial charge in [0.2, 0.25) is 0 Å². The molecular weight excluding hydrogens is 769 g/mol. The van der Waals surface area contributed by atoms with E-state index in [-0.39, 0.29) is 21.7 Å². The molecular formula is C64H50. The van der Waals surface area contributed by atoms with Crippen LogP contribution in [0.4, 0.5) is 0 Å². The molecule has 4 aliphatic carbocycles. The van der Waals surface area contributed by atoms with E-state index in [2.05, 4.69) is 213 Å². The molecule has 0 spiro atoms. The maximum Gasteiger partial charge on any atom is 0.0159 e. The molecule has 0 fully saturated rings. The Balaban J connectivity index is 1.08. The van der Waals surface area contributed by atoms with E-state index in [1.165, 1.54) is 143 Å². The lowest BCUT2D eigenvalue weighted by Crippen LogP contribution is -2.30. The van der Waals surface area contributed by atoms with Crippen LogP contribution in [0.1, 0.15) is 99.9 Å². The Kier molecular flexibility index (Phi) is 6.69. The minimum atomic E-state index is -0.185. The molecule has 0 amide bonds. The van der Waals surface area contributed by atoms with Crippen LogP contribution in [0.3, 0.4) is 0 Å². The average Bonchev–Trinajstić information content (AvgIpc) is 3.30. The van der Waals surface area contributed by atoms with Gasteiger partial charge < -0.3 is 0 Å². The Hall–Kier alpha value is -6.76. The summed E-state index contributed by atoms with van der Waals surface area (Å²) in [6, 6.07) is 61.2. The SMILES string of the molecule is CC1(C)c2ccc3c(-c4ccc5c6c7c(ccc46)C(C)(C)c4ccc(-c6ccccc6)c6ccc(c-7c46)C5(C)C)ccc4c3c2-c2c(ccc3c(-c5ccccc5)ccc1c23)C4(C)C. The third kappa shape index (κ3) is 4.18. The molecule has 0 radical (unpaired) electrons. The Labute approximate surface area is 376 Å². The molecule has 0 unspecified atom stereocenters. The average molecular weight is 819 g/mol. The summed E-state index contributed by atoms with van der Waals surface area (Å²) in [6.45, 7) is 19.6. The summed E-state index contributed by atoms with van der Waals surface area (Å²) in [5.41, 5.74) is 24.3. The van der Waals surface area contributed by atoms with E-state index in [9.17, 15) is 0 Å². The van der Waals surface area contributed by atoms with Crippen molar-refractivity contribution in [1.29, 1.82) is 0 Å². The normalized spacial score (nSPS) is 16.9. The summed E-state index contributed by atoms with van der Waals surface area (Å²) in [5.74, 6) is 0. The highest BCUT2D eigenvalue weighted by molar-refractivity contribution is 6.23. The monoisotopic (exact) mass is 818 g/mol. The lowest BCUT2D eigenvalue weighted by atomic mass is 9.59. The zero-order valence-corrected chi connectivity index (χ0v) is 38.0. The number of rotatable bonds is 3. The quantitative estimate of drug-likeness (QED) is 0.167. The van der Waals surface area contributed by atoms with Gasteiger partial charge in [-0.05, 0) is 143 Å². The second-order valence-corrected chi connectivity index (χ2v) is 21.5. The highest BCUT2D eigenvalue weighted by Crippen LogP contribution is 2.63. The fraction of sp³-hybridized carbons (Fsp3) is 0.188. The molecule has 0 atom stereocenters. The van der Waals surface area contributed by atoms with E-state index in [1.54, 1.807) is 0 Å². The van der Waals surface area contributed by atoms with E-state index < -0.39 is 0 Å². The van der Waals surface area contributed by atoms with Crippen molar-refractivity contribution in [2.24, 2.45) is 0 Å². The second kappa shape index (κ2) is 11.7. The molecule has 64 heavy (non-hydrogen) atoms. The van der Waals surface area contributed by atoms with Crippen LogP contribution >= 0.6 is 0 Å². The van der Waals surface area contributed by atoms with Gasteiger partial charge in [0.1, 0.15) is 0 Å². The van der Waals surface area contributed by atoms with Crippen molar-refractivity contribution in [2.45, 2.75) is 77.0 Å². The molecule has 0 heteroatoms. The molecule has 0 aliphatic heterocycles. The molecule has 0 bridgehead atoms. The number of hydrogen-bond acceptors (Lipinski definition) is 0. The van der Waals surface area contributed by atoms with Crippen molar-refractivity contribution in [2.75, 3.05) is 0 Å². The van der Waals surface area contributed by atoms with Crippen molar-refractivity contribution >= 4 is 43.1 Å². The zero-order valence-electron chi connectivity index (χ0n) is 38.0. The Morgan fingerprint density at radius 2 is 0.453 bits per heavy atom. The van der Waals surface area contributed by atoms with Crippen LogP contribution < -0.4 is 0 Å². The topological polar surface area (TPSA) is 0 Å². The minimum Gasteiger partial charge on any atom is -0.0622 e. The molecule has 0 saturated carbocycles. The lowest BCUT2D eigenvalue weighted by molar-refractivity contribution is 0.627. The first-order chi connectivity index (χ1) is 30.8. The Morgan fingerprint density at radius 1 is 0.219 bits per heavy atom. The predicted octanol–water partition coefficient (Wildman–Crippen LogP) is 17.2. The van der Waals surface area contributed by atoms with E-state index in [0.717, 1.165) is 0 Å². The smallest absolute Gasteiger partial charge is 0.0159 e. The first-order valence-electron chi connectivity index (χ1n) is 23.4. The van der Waals surface area contributed by atoms with Gasteiger partial charge in [-0.3, -0.25) is 0 Å². The third-order valence-electron chi connectivity index (χ3n) is 17.1. The summed E-state index contributed by atoms with van der Waals surface area (Å²) in [7, 11) is 0. The van der Waals surface area contributed by atoms with Crippen LogP contribution in [-0.2, 0) is 21.7 Å². The highest BCUT2D eigenvalue weighted by atomic mass is 14.5. The molecule has 0 heterocycles. The predicted molar refractivity (Wildman–Crippen MR) is 272 cm³/mol. The van der Waals surface area contributed by atoms with Gasteiger partial charge in [0.25, 0.3) is 0 Å². The Morgan fingerprint density at radius 3 is 0.734 bits per heavy atom. The van der Waals surface area contributed by atoms with Gasteiger partial charge in [0.05, 0.1) is 0 Å². The van der Waals surface area contributed by atoms with Crippen molar-refractivity contribution in [1.82, 2.24) is 0 Å². The van der Waals surface area contributed by atoms with E-state index in [1.807, 2.05) is 0 Å². The molecule has 14 rings (SSSR count). The molecule has 0 N–H and O–H groups in total.